The number of carbonyl (C=O) groups is 12. The van der Waals surface area contributed by atoms with Crippen molar-refractivity contribution in [1.29, 1.82) is 0 Å². The van der Waals surface area contributed by atoms with Crippen molar-refractivity contribution in [3.05, 3.63) is 71.8 Å². The number of carbonyl (C=O) groups excluding carboxylic acids is 8. The van der Waals surface area contributed by atoms with Crippen LogP contribution in [0.2, 0.25) is 0 Å². The van der Waals surface area contributed by atoms with Gasteiger partial charge in [-0.2, -0.15) is 0 Å². The lowest BCUT2D eigenvalue weighted by atomic mass is 10.1. The van der Waals surface area contributed by atoms with E-state index in [0.717, 1.165) is 0 Å². The van der Waals surface area contributed by atoms with Gasteiger partial charge in [-0.15, -0.1) is 0 Å². The van der Waals surface area contributed by atoms with Gasteiger partial charge in [0.15, 0.2) is 11.9 Å². The molecule has 30 nitrogen and oxygen atoms in total. The minimum Gasteiger partial charge on any atom is -0.481 e. The van der Waals surface area contributed by atoms with Gasteiger partial charge in [0, 0.05) is 38.8 Å². The Balaban J connectivity index is 2.10. The van der Waals surface area contributed by atoms with Crippen LogP contribution in [0.5, 0.6) is 0 Å². The Morgan fingerprint density at radius 3 is 1.05 bits per heavy atom. The number of nitrogens with two attached hydrogens (primary N) is 4. The number of rotatable bonds is 35. The minimum absolute atomic E-state index is 0.00653. The van der Waals surface area contributed by atoms with E-state index >= 15 is 0 Å². The molecule has 0 saturated heterocycles. The lowest BCUT2D eigenvalue weighted by Gasteiger charge is -2.22. The Hall–Kier alpha value is -9.38. The van der Waals surface area contributed by atoms with Crippen LogP contribution in [-0.4, -0.2) is 166 Å². The summed E-state index contributed by atoms with van der Waals surface area (Å²) in [6.45, 7) is -1.72. The zero-order valence-electron chi connectivity index (χ0n) is 41.0. The van der Waals surface area contributed by atoms with Crippen LogP contribution in [0.3, 0.4) is 0 Å². The average molecular weight is 1070 g/mol. The summed E-state index contributed by atoms with van der Waals surface area (Å²) in [7, 11) is 0. The van der Waals surface area contributed by atoms with E-state index in [1.54, 1.807) is 60.7 Å². The SMILES string of the molecule is NC(N)=NCCC[C@H](NC(=O)CCC(=O)N[C@H](CCCN=C(N)N)C(=O)NCC(=O)N[C@H](CC(=O)O)C(=O)N[C@H](Cc1ccccc1)C(=O)O)C(=O)NCC(=O)N[C@@H](CC(=O)O)C(=O)N[C@@H](Cc1ccccc1)C(=O)O. The first kappa shape index (κ1) is 62.7. The van der Waals surface area contributed by atoms with Crippen LogP contribution in [0.4, 0.5) is 0 Å². The van der Waals surface area contributed by atoms with E-state index in [-0.39, 0.29) is 63.5 Å². The lowest BCUT2D eigenvalue weighted by Crippen LogP contribution is -2.55. The first-order valence-electron chi connectivity index (χ1n) is 23.3. The molecule has 6 atom stereocenters. The maximum atomic E-state index is 13.3. The summed E-state index contributed by atoms with van der Waals surface area (Å²) in [5, 5.41) is 56.3. The number of aliphatic carboxylic acids is 4. The molecule has 76 heavy (non-hydrogen) atoms. The van der Waals surface area contributed by atoms with Crippen LogP contribution < -0.4 is 65.5 Å². The fourth-order valence-electron chi connectivity index (χ4n) is 6.79. The van der Waals surface area contributed by atoms with E-state index in [9.17, 15) is 78.0 Å². The van der Waals surface area contributed by atoms with Crippen molar-refractivity contribution >= 4 is 83.1 Å². The van der Waals surface area contributed by atoms with Crippen LogP contribution in [0, 0.1) is 0 Å². The number of carboxylic acid groups (broad SMARTS) is 4. The van der Waals surface area contributed by atoms with Crippen molar-refractivity contribution < 1.29 is 78.0 Å². The third kappa shape index (κ3) is 26.4. The summed E-state index contributed by atoms with van der Waals surface area (Å²) in [4.78, 5) is 160. The standard InChI is InChI=1S/C46H64N14O16/c47-45(48)51-17-7-13-27(39(69)53-23-35(63)57-29(21-37(65)66)41(71)59-31(43(73)74)19-25-9-3-1-4-10-25)55-33(61)15-16-34(62)56-28(14-8-18-52-46(49)50)40(70)54-24-36(64)58-30(22-38(67)68)42(72)60-32(44(75)76)20-26-11-5-2-6-12-26/h1-6,9-12,27-32H,7-8,13-24H2,(H,53,69)(H,54,70)(H,55,61)(H,56,62)(H,57,63)(H,58,64)(H,59,71)(H,60,72)(H,65,66)(H,67,68)(H,73,74)(H,75,76)(H4,47,48,51)(H4,49,50,52)/t27-,28+,29-,30+,31-,32+. The third-order valence-electron chi connectivity index (χ3n) is 10.5. The second-order valence-corrected chi connectivity index (χ2v) is 16.7. The Bertz CT molecular complexity index is 2250. The first-order valence-corrected chi connectivity index (χ1v) is 23.3. The van der Waals surface area contributed by atoms with E-state index in [4.69, 9.17) is 22.9 Å². The first-order chi connectivity index (χ1) is 35.9. The van der Waals surface area contributed by atoms with Crippen LogP contribution >= 0.6 is 0 Å². The number of hydrogen-bond donors (Lipinski definition) is 16. The summed E-state index contributed by atoms with van der Waals surface area (Å²) in [5.74, 6) is -14.5. The van der Waals surface area contributed by atoms with Gasteiger partial charge < -0.3 is 85.9 Å². The molecular weight excluding hydrogens is 1000 g/mol. The lowest BCUT2D eigenvalue weighted by molar-refractivity contribution is -0.144. The number of amides is 8. The molecule has 0 aliphatic heterocycles. The molecule has 0 bridgehead atoms. The van der Waals surface area contributed by atoms with Gasteiger partial charge in [0.1, 0.15) is 36.3 Å². The average Bonchev–Trinajstić information content (AvgIpc) is 3.35. The van der Waals surface area contributed by atoms with Crippen LogP contribution in [0.1, 0.15) is 62.5 Å². The molecule has 0 unspecified atom stereocenters. The molecule has 2 rings (SSSR count). The summed E-state index contributed by atoms with van der Waals surface area (Å²) < 4.78 is 0. The van der Waals surface area contributed by atoms with Crippen molar-refractivity contribution in [2.45, 2.75) is 100 Å². The molecule has 0 aromatic heterocycles. The molecule has 0 fully saturated rings. The number of aliphatic imine (C=N–C) groups is 2. The van der Waals surface area contributed by atoms with Gasteiger partial charge in [0.2, 0.25) is 47.3 Å². The van der Waals surface area contributed by atoms with Gasteiger partial charge >= 0.3 is 23.9 Å². The number of guanidine groups is 2. The van der Waals surface area contributed by atoms with Crippen molar-refractivity contribution in [2.75, 3.05) is 26.2 Å². The van der Waals surface area contributed by atoms with Gasteiger partial charge in [-0.3, -0.25) is 57.9 Å². The van der Waals surface area contributed by atoms with E-state index < -0.39 is 146 Å². The monoisotopic (exact) mass is 1070 g/mol. The second-order valence-electron chi connectivity index (χ2n) is 16.7. The molecule has 0 radical (unpaired) electrons. The molecule has 8 amide bonds. The van der Waals surface area contributed by atoms with Crippen LogP contribution in [0.25, 0.3) is 0 Å². The molecule has 414 valence electrons. The molecule has 0 heterocycles. The zero-order chi connectivity index (χ0) is 56.7. The maximum absolute atomic E-state index is 13.3. The molecular formula is C46H64N14O16. The largest absolute Gasteiger partial charge is 0.481 e. The Kier molecular flexibility index (Phi) is 27.5. The predicted molar refractivity (Wildman–Crippen MR) is 267 cm³/mol. The molecule has 0 aliphatic rings. The number of hydrogen-bond acceptors (Lipinski definition) is 14. The highest BCUT2D eigenvalue weighted by molar-refractivity contribution is 5.97. The van der Waals surface area contributed by atoms with E-state index in [1.165, 1.54) is 0 Å². The van der Waals surface area contributed by atoms with Crippen molar-refractivity contribution in [1.82, 2.24) is 42.5 Å². The van der Waals surface area contributed by atoms with Gasteiger partial charge in [-0.25, -0.2) is 9.59 Å². The predicted octanol–water partition coefficient (Wildman–Crippen LogP) is -5.38. The molecule has 0 spiro atoms. The van der Waals surface area contributed by atoms with E-state index in [2.05, 4.69) is 52.5 Å². The van der Waals surface area contributed by atoms with Crippen molar-refractivity contribution in [2.24, 2.45) is 32.9 Å². The fourth-order valence-corrected chi connectivity index (χ4v) is 6.79. The van der Waals surface area contributed by atoms with Gasteiger partial charge in [0.25, 0.3) is 0 Å². The van der Waals surface area contributed by atoms with Crippen molar-refractivity contribution in [3.63, 3.8) is 0 Å². The maximum Gasteiger partial charge on any atom is 0.326 e. The normalized spacial score (nSPS) is 12.9. The molecule has 0 aliphatic carbocycles. The number of nitrogens with zero attached hydrogens (tertiary/aromatic N) is 2. The number of benzene rings is 2. The molecule has 20 N–H and O–H groups in total. The highest BCUT2D eigenvalue weighted by Crippen LogP contribution is 2.08. The van der Waals surface area contributed by atoms with E-state index in [0.29, 0.717) is 11.1 Å². The third-order valence-corrected chi connectivity index (χ3v) is 10.5. The van der Waals surface area contributed by atoms with Crippen LogP contribution in [0.15, 0.2) is 70.6 Å². The van der Waals surface area contributed by atoms with Crippen molar-refractivity contribution in [3.8, 4) is 0 Å². The second kappa shape index (κ2) is 33.4. The molecule has 2 aromatic rings. The molecule has 30 heteroatoms. The summed E-state index contributed by atoms with van der Waals surface area (Å²) >= 11 is 0. The Labute approximate surface area is 434 Å². The van der Waals surface area contributed by atoms with Gasteiger partial charge in [-0.05, 0) is 36.8 Å². The summed E-state index contributed by atoms with van der Waals surface area (Å²) in [6.07, 6.45) is -3.49. The quantitative estimate of drug-likeness (QED) is 0.0174. The summed E-state index contributed by atoms with van der Waals surface area (Å²) in [5.41, 5.74) is 22.6. The molecule has 0 saturated carbocycles. The fraction of sp³-hybridized carbons (Fsp3) is 0.435. The highest BCUT2D eigenvalue weighted by atomic mass is 16.4. The Morgan fingerprint density at radius 2 is 0.750 bits per heavy atom. The van der Waals surface area contributed by atoms with Crippen LogP contribution in [-0.2, 0) is 70.4 Å². The highest BCUT2D eigenvalue weighted by Gasteiger charge is 2.31. The topological polar surface area (TPSA) is 511 Å². The van der Waals surface area contributed by atoms with Gasteiger partial charge in [-0.1, -0.05) is 60.7 Å². The summed E-state index contributed by atoms with van der Waals surface area (Å²) in [6, 6.07) is 7.05. The number of nitrogens with one attached hydrogen (secondary N) is 8. The molecule has 2 aromatic carbocycles. The minimum atomic E-state index is -1.78. The van der Waals surface area contributed by atoms with E-state index in [1.807, 2.05) is 0 Å². The zero-order valence-corrected chi connectivity index (χ0v) is 41.0. The number of carboxylic acids is 4. The van der Waals surface area contributed by atoms with Gasteiger partial charge in [0.05, 0.1) is 25.9 Å². The smallest absolute Gasteiger partial charge is 0.326 e. The Morgan fingerprint density at radius 1 is 0.421 bits per heavy atom.